The molecule has 0 spiro atoms. The fraction of sp³-hybridized carbons (Fsp3) is 0.462. The van der Waals surface area contributed by atoms with Gasteiger partial charge in [0.2, 0.25) is 10.0 Å². The lowest BCUT2D eigenvalue weighted by atomic mass is 10.0. The SMILES string of the molecule is COC(=O)[C@@H]1[C@@H](c2ccc(S(N)(=O)=O)cc2)C1(C)C. The van der Waals surface area contributed by atoms with Gasteiger partial charge in [0.15, 0.2) is 0 Å². The second-order valence-electron chi connectivity index (χ2n) is 5.41. The van der Waals surface area contributed by atoms with Crippen molar-refractivity contribution in [2.75, 3.05) is 7.11 Å². The fourth-order valence-corrected chi connectivity index (χ4v) is 3.21. The van der Waals surface area contributed by atoms with E-state index in [0.29, 0.717) is 0 Å². The van der Waals surface area contributed by atoms with Gasteiger partial charge in [-0.2, -0.15) is 0 Å². The van der Waals surface area contributed by atoms with Gasteiger partial charge >= 0.3 is 5.97 Å². The summed E-state index contributed by atoms with van der Waals surface area (Å²) >= 11 is 0. The average molecular weight is 283 g/mol. The summed E-state index contributed by atoms with van der Waals surface area (Å²) in [6.07, 6.45) is 0. The van der Waals surface area contributed by atoms with Gasteiger partial charge in [0.25, 0.3) is 0 Å². The summed E-state index contributed by atoms with van der Waals surface area (Å²) in [5, 5.41) is 5.05. The van der Waals surface area contributed by atoms with E-state index in [-0.39, 0.29) is 28.1 Å². The zero-order valence-corrected chi connectivity index (χ0v) is 11.9. The lowest BCUT2D eigenvalue weighted by molar-refractivity contribution is -0.143. The highest BCUT2D eigenvalue weighted by Gasteiger charge is 2.63. The first-order chi connectivity index (χ1) is 8.69. The number of hydrogen-bond acceptors (Lipinski definition) is 4. The molecule has 0 bridgehead atoms. The predicted molar refractivity (Wildman–Crippen MR) is 69.8 cm³/mol. The Hall–Kier alpha value is -1.40. The first-order valence-electron chi connectivity index (χ1n) is 5.90. The van der Waals surface area contributed by atoms with Crippen LogP contribution in [-0.4, -0.2) is 21.5 Å². The van der Waals surface area contributed by atoms with Gasteiger partial charge in [-0.1, -0.05) is 26.0 Å². The Morgan fingerprint density at radius 3 is 2.21 bits per heavy atom. The van der Waals surface area contributed by atoms with Crippen molar-refractivity contribution in [2.24, 2.45) is 16.5 Å². The Bertz CT molecular complexity index is 604. The zero-order valence-electron chi connectivity index (χ0n) is 11.1. The van der Waals surface area contributed by atoms with E-state index >= 15 is 0 Å². The Labute approximate surface area is 112 Å². The molecule has 6 heteroatoms. The van der Waals surface area contributed by atoms with E-state index in [1.165, 1.54) is 19.2 Å². The van der Waals surface area contributed by atoms with Crippen LogP contribution in [0.2, 0.25) is 0 Å². The predicted octanol–water partition coefficient (Wildman–Crippen LogP) is 1.25. The molecule has 2 atom stereocenters. The summed E-state index contributed by atoms with van der Waals surface area (Å²) in [6, 6.07) is 6.34. The Morgan fingerprint density at radius 1 is 1.26 bits per heavy atom. The van der Waals surface area contributed by atoms with Gasteiger partial charge in [-0.05, 0) is 23.1 Å². The van der Waals surface area contributed by atoms with Crippen molar-refractivity contribution >= 4 is 16.0 Å². The van der Waals surface area contributed by atoms with Gasteiger partial charge in [0.05, 0.1) is 17.9 Å². The summed E-state index contributed by atoms with van der Waals surface area (Å²) in [4.78, 5) is 11.7. The van der Waals surface area contributed by atoms with Crippen LogP contribution in [0, 0.1) is 11.3 Å². The number of hydrogen-bond donors (Lipinski definition) is 1. The van der Waals surface area contributed by atoms with Crippen LogP contribution in [0.1, 0.15) is 25.3 Å². The number of primary sulfonamides is 1. The lowest BCUT2D eigenvalue weighted by Gasteiger charge is -2.04. The van der Waals surface area contributed by atoms with Crippen LogP contribution in [0.4, 0.5) is 0 Å². The number of sulfonamides is 1. The quantitative estimate of drug-likeness (QED) is 0.846. The summed E-state index contributed by atoms with van der Waals surface area (Å²) in [7, 11) is -2.31. The van der Waals surface area contributed by atoms with Gasteiger partial charge in [-0.3, -0.25) is 4.79 Å². The number of benzene rings is 1. The lowest BCUT2D eigenvalue weighted by Crippen LogP contribution is -2.11. The maximum atomic E-state index is 11.7. The maximum absolute atomic E-state index is 11.7. The number of carbonyl (C=O) groups excluding carboxylic acids is 1. The van der Waals surface area contributed by atoms with Gasteiger partial charge in [-0.25, -0.2) is 13.6 Å². The molecule has 0 amide bonds. The van der Waals surface area contributed by atoms with E-state index in [1.807, 2.05) is 13.8 Å². The van der Waals surface area contributed by atoms with Crippen molar-refractivity contribution in [3.8, 4) is 0 Å². The molecule has 104 valence electrons. The zero-order chi connectivity index (χ0) is 14.4. The van der Waals surface area contributed by atoms with Gasteiger partial charge in [-0.15, -0.1) is 0 Å². The van der Waals surface area contributed by atoms with Crippen LogP contribution in [-0.2, 0) is 19.6 Å². The third kappa shape index (κ3) is 2.37. The van der Waals surface area contributed by atoms with E-state index in [0.717, 1.165) is 5.56 Å². The topological polar surface area (TPSA) is 86.5 Å². The summed E-state index contributed by atoms with van der Waals surface area (Å²) < 4.78 is 27.1. The van der Waals surface area contributed by atoms with Gasteiger partial charge < -0.3 is 4.74 Å². The molecule has 0 unspecified atom stereocenters. The molecule has 1 aliphatic carbocycles. The second-order valence-corrected chi connectivity index (χ2v) is 6.98. The monoisotopic (exact) mass is 283 g/mol. The van der Waals surface area contributed by atoms with Crippen molar-refractivity contribution < 1.29 is 17.9 Å². The van der Waals surface area contributed by atoms with Crippen LogP contribution < -0.4 is 5.14 Å². The molecule has 1 aliphatic rings. The minimum atomic E-state index is -3.68. The number of ether oxygens (including phenoxy) is 1. The van der Waals surface area contributed by atoms with Crippen LogP contribution >= 0.6 is 0 Å². The molecule has 0 heterocycles. The fourth-order valence-electron chi connectivity index (χ4n) is 2.69. The normalized spacial score (nSPS) is 24.8. The average Bonchev–Trinajstić information content (AvgIpc) is 2.90. The van der Waals surface area contributed by atoms with E-state index < -0.39 is 10.0 Å². The highest BCUT2D eigenvalue weighted by molar-refractivity contribution is 7.89. The molecule has 0 aromatic heterocycles. The Kier molecular flexibility index (Phi) is 3.18. The van der Waals surface area contributed by atoms with Crippen LogP contribution in [0.15, 0.2) is 29.2 Å². The second kappa shape index (κ2) is 4.31. The molecule has 2 N–H and O–H groups in total. The highest BCUT2D eigenvalue weighted by Crippen LogP contribution is 2.64. The molecule has 1 aromatic carbocycles. The molecule has 0 saturated heterocycles. The number of esters is 1. The van der Waals surface area contributed by atoms with E-state index in [1.54, 1.807) is 12.1 Å². The number of carbonyl (C=O) groups is 1. The van der Waals surface area contributed by atoms with Crippen LogP contribution in [0.5, 0.6) is 0 Å². The van der Waals surface area contributed by atoms with E-state index in [4.69, 9.17) is 9.88 Å². The number of methoxy groups -OCH3 is 1. The van der Waals surface area contributed by atoms with E-state index in [9.17, 15) is 13.2 Å². The Balaban J connectivity index is 2.28. The van der Waals surface area contributed by atoms with Crippen molar-refractivity contribution in [2.45, 2.75) is 24.7 Å². The standard InChI is InChI=1S/C13H17NO4S/c1-13(2)10(11(13)12(15)18-3)8-4-6-9(7-5-8)19(14,16)17/h4-7,10-11H,1-3H3,(H2,14,16,17)/t10-,11+/m1/s1. The summed E-state index contributed by atoms with van der Waals surface area (Å²) in [5.74, 6) is -0.363. The number of rotatable bonds is 3. The molecule has 1 fully saturated rings. The van der Waals surface area contributed by atoms with Crippen molar-refractivity contribution in [1.29, 1.82) is 0 Å². The van der Waals surface area contributed by atoms with Gasteiger partial charge in [0, 0.05) is 5.92 Å². The molecular weight excluding hydrogens is 266 g/mol. The smallest absolute Gasteiger partial charge is 0.309 e. The third-order valence-electron chi connectivity index (χ3n) is 3.85. The highest BCUT2D eigenvalue weighted by atomic mass is 32.2. The van der Waals surface area contributed by atoms with Crippen molar-refractivity contribution in [3.63, 3.8) is 0 Å². The van der Waals surface area contributed by atoms with Gasteiger partial charge in [0.1, 0.15) is 0 Å². The molecule has 19 heavy (non-hydrogen) atoms. The largest absolute Gasteiger partial charge is 0.469 e. The third-order valence-corrected chi connectivity index (χ3v) is 4.78. The van der Waals surface area contributed by atoms with Crippen LogP contribution in [0.25, 0.3) is 0 Å². The van der Waals surface area contributed by atoms with Crippen molar-refractivity contribution in [1.82, 2.24) is 0 Å². The number of nitrogens with two attached hydrogens (primary N) is 1. The minimum absolute atomic E-state index is 0.0504. The molecule has 5 nitrogen and oxygen atoms in total. The first kappa shape index (κ1) is 14.0. The van der Waals surface area contributed by atoms with Crippen LogP contribution in [0.3, 0.4) is 0 Å². The molecular formula is C13H17NO4S. The minimum Gasteiger partial charge on any atom is -0.469 e. The first-order valence-corrected chi connectivity index (χ1v) is 7.45. The maximum Gasteiger partial charge on any atom is 0.309 e. The molecule has 0 aliphatic heterocycles. The molecule has 0 radical (unpaired) electrons. The Morgan fingerprint density at radius 2 is 1.79 bits per heavy atom. The van der Waals surface area contributed by atoms with E-state index in [2.05, 4.69) is 0 Å². The molecule has 2 rings (SSSR count). The molecule has 1 aromatic rings. The molecule has 1 saturated carbocycles. The summed E-state index contributed by atoms with van der Waals surface area (Å²) in [6.45, 7) is 3.99. The summed E-state index contributed by atoms with van der Waals surface area (Å²) in [5.41, 5.74) is 0.753. The van der Waals surface area contributed by atoms with Crippen molar-refractivity contribution in [3.05, 3.63) is 29.8 Å².